The molecule has 3 aromatic rings. The molecular weight excluding hydrogens is 432 g/mol. The van der Waals surface area contributed by atoms with Gasteiger partial charge in [0.1, 0.15) is 0 Å². The molecule has 0 bridgehead atoms. The summed E-state index contributed by atoms with van der Waals surface area (Å²) in [7, 11) is 0. The molecular formula is C19H18Br2N2O. The van der Waals surface area contributed by atoms with Gasteiger partial charge in [-0.15, -0.1) is 0 Å². The maximum atomic E-state index is 10.8. The van der Waals surface area contributed by atoms with Gasteiger partial charge in [-0.25, -0.2) is 4.98 Å². The van der Waals surface area contributed by atoms with E-state index in [2.05, 4.69) is 55.0 Å². The lowest BCUT2D eigenvalue weighted by atomic mass is 9.91. The highest BCUT2D eigenvalue weighted by Gasteiger charge is 2.22. The fourth-order valence-corrected chi connectivity index (χ4v) is 3.92. The number of imidazole rings is 1. The summed E-state index contributed by atoms with van der Waals surface area (Å²) in [5.41, 5.74) is 2.28. The van der Waals surface area contributed by atoms with Gasteiger partial charge in [0.2, 0.25) is 0 Å². The summed E-state index contributed by atoms with van der Waals surface area (Å²) in [4.78, 5) is 4.03. The molecule has 1 unspecified atom stereocenters. The zero-order valence-corrected chi connectivity index (χ0v) is 16.5. The van der Waals surface area contributed by atoms with E-state index in [9.17, 15) is 5.11 Å². The minimum atomic E-state index is -0.875. The fraction of sp³-hybridized carbons (Fsp3) is 0.211. The number of rotatable bonds is 5. The van der Waals surface area contributed by atoms with Crippen LogP contribution < -0.4 is 0 Å². The van der Waals surface area contributed by atoms with Gasteiger partial charge in [-0.2, -0.15) is 0 Å². The van der Waals surface area contributed by atoms with Crippen molar-refractivity contribution in [2.75, 3.05) is 0 Å². The molecule has 0 saturated carbocycles. The van der Waals surface area contributed by atoms with Crippen LogP contribution in [-0.2, 0) is 12.1 Å². The molecule has 1 heterocycles. The fourth-order valence-electron chi connectivity index (χ4n) is 2.64. The van der Waals surface area contributed by atoms with Crippen LogP contribution in [-0.4, -0.2) is 14.7 Å². The van der Waals surface area contributed by atoms with E-state index in [-0.39, 0.29) is 0 Å². The van der Waals surface area contributed by atoms with E-state index in [0.717, 1.165) is 32.2 Å². The van der Waals surface area contributed by atoms with Crippen LogP contribution in [0, 0.1) is 0 Å². The second-order valence-corrected chi connectivity index (χ2v) is 7.80. The Labute approximate surface area is 158 Å². The summed E-state index contributed by atoms with van der Waals surface area (Å²) >= 11 is 7.07. The second-order valence-electron chi connectivity index (χ2n) is 6.03. The van der Waals surface area contributed by atoms with Gasteiger partial charge in [-0.3, -0.25) is 0 Å². The molecule has 0 amide bonds. The third-order valence-corrected chi connectivity index (χ3v) is 5.31. The van der Waals surface area contributed by atoms with Crippen LogP contribution >= 0.6 is 31.9 Å². The van der Waals surface area contributed by atoms with Crippen LogP contribution in [0.1, 0.15) is 18.9 Å². The quantitative estimate of drug-likeness (QED) is 0.568. The first-order valence-corrected chi connectivity index (χ1v) is 9.28. The molecule has 0 fully saturated rings. The Kier molecular flexibility index (Phi) is 5.23. The van der Waals surface area contributed by atoms with E-state index in [0.29, 0.717) is 6.42 Å². The number of hydrogen-bond donors (Lipinski definition) is 1. The van der Waals surface area contributed by atoms with Crippen LogP contribution in [0.25, 0.3) is 11.1 Å². The molecule has 0 aliphatic carbocycles. The Morgan fingerprint density at radius 2 is 1.88 bits per heavy atom. The van der Waals surface area contributed by atoms with Crippen molar-refractivity contribution in [3.8, 4) is 11.1 Å². The molecule has 2 aromatic carbocycles. The van der Waals surface area contributed by atoms with Gasteiger partial charge in [-0.05, 0) is 42.2 Å². The molecule has 1 N–H and O–H groups in total. The van der Waals surface area contributed by atoms with Crippen LogP contribution in [0.2, 0.25) is 0 Å². The number of hydrogen-bond acceptors (Lipinski definition) is 2. The maximum Gasteiger partial charge on any atom is 0.0945 e. The van der Waals surface area contributed by atoms with Gasteiger partial charge in [-0.1, -0.05) is 62.2 Å². The number of aryl methyl sites for hydroxylation is 1. The molecule has 0 aliphatic rings. The number of aromatic nitrogens is 2. The van der Waals surface area contributed by atoms with Gasteiger partial charge < -0.3 is 9.67 Å². The van der Waals surface area contributed by atoms with Crippen LogP contribution in [0.5, 0.6) is 0 Å². The van der Waals surface area contributed by atoms with E-state index in [4.69, 9.17) is 0 Å². The van der Waals surface area contributed by atoms with Crippen molar-refractivity contribution in [3.05, 3.63) is 75.7 Å². The van der Waals surface area contributed by atoms with Gasteiger partial charge in [0.15, 0.2) is 0 Å². The largest absolute Gasteiger partial charge is 0.385 e. The lowest BCUT2D eigenvalue weighted by Crippen LogP contribution is -2.23. The lowest BCUT2D eigenvalue weighted by molar-refractivity contribution is 0.0431. The minimum absolute atomic E-state index is 0.630. The molecule has 5 heteroatoms. The zero-order chi connectivity index (χ0) is 17.2. The molecule has 0 spiro atoms. The summed E-state index contributed by atoms with van der Waals surface area (Å²) in [6, 6.07) is 14.2. The predicted octanol–water partition coefficient (Wildman–Crippen LogP) is 5.37. The highest BCUT2D eigenvalue weighted by atomic mass is 79.9. The Morgan fingerprint density at radius 1 is 1.12 bits per heavy atom. The van der Waals surface area contributed by atoms with Gasteiger partial charge >= 0.3 is 0 Å². The topological polar surface area (TPSA) is 38.0 Å². The third kappa shape index (κ3) is 3.97. The second kappa shape index (κ2) is 7.21. The average Bonchev–Trinajstić information content (AvgIpc) is 3.07. The van der Waals surface area contributed by atoms with Crippen molar-refractivity contribution < 1.29 is 5.11 Å². The van der Waals surface area contributed by atoms with Crippen LogP contribution in [0.4, 0.5) is 0 Å². The summed E-state index contributed by atoms with van der Waals surface area (Å²) in [5.74, 6) is 0. The van der Waals surface area contributed by atoms with Crippen molar-refractivity contribution in [3.63, 3.8) is 0 Å². The lowest BCUT2D eigenvalue weighted by Gasteiger charge is -2.24. The molecule has 0 radical (unpaired) electrons. The Hall–Kier alpha value is -1.43. The van der Waals surface area contributed by atoms with Gasteiger partial charge in [0.25, 0.3) is 0 Å². The monoisotopic (exact) mass is 448 g/mol. The summed E-state index contributed by atoms with van der Waals surface area (Å²) in [5, 5.41) is 10.8. The Balaban J connectivity index is 1.77. The smallest absolute Gasteiger partial charge is 0.0945 e. The summed E-state index contributed by atoms with van der Waals surface area (Å²) < 4.78 is 4.05. The van der Waals surface area contributed by atoms with Crippen molar-refractivity contribution in [1.82, 2.24) is 9.55 Å². The molecule has 124 valence electrons. The summed E-state index contributed by atoms with van der Waals surface area (Å²) in [6.07, 6.45) is 6.05. The zero-order valence-electron chi connectivity index (χ0n) is 13.3. The van der Waals surface area contributed by atoms with Crippen LogP contribution in [0.3, 0.4) is 0 Å². The highest BCUT2D eigenvalue weighted by molar-refractivity contribution is 9.11. The van der Waals surface area contributed by atoms with Crippen molar-refractivity contribution in [2.24, 2.45) is 0 Å². The minimum Gasteiger partial charge on any atom is -0.385 e. The molecule has 1 aromatic heterocycles. The molecule has 1 atom stereocenters. The molecule has 0 saturated heterocycles. The molecule has 3 rings (SSSR count). The first-order valence-electron chi connectivity index (χ1n) is 7.70. The van der Waals surface area contributed by atoms with E-state index in [1.54, 1.807) is 12.5 Å². The summed E-state index contributed by atoms with van der Waals surface area (Å²) in [6.45, 7) is 2.58. The van der Waals surface area contributed by atoms with Crippen molar-refractivity contribution in [1.29, 1.82) is 0 Å². The number of nitrogens with zero attached hydrogens (tertiary/aromatic N) is 2. The normalized spacial score (nSPS) is 13.7. The molecule has 24 heavy (non-hydrogen) atoms. The van der Waals surface area contributed by atoms with Gasteiger partial charge in [0, 0.05) is 27.9 Å². The first-order chi connectivity index (χ1) is 11.5. The molecule has 3 nitrogen and oxygen atoms in total. The average molecular weight is 450 g/mol. The van der Waals surface area contributed by atoms with Crippen LogP contribution in [0.15, 0.2) is 70.1 Å². The number of halogens is 2. The van der Waals surface area contributed by atoms with E-state index in [1.807, 2.05) is 42.0 Å². The predicted molar refractivity (Wildman–Crippen MR) is 104 cm³/mol. The van der Waals surface area contributed by atoms with E-state index < -0.39 is 5.60 Å². The van der Waals surface area contributed by atoms with Crippen molar-refractivity contribution in [2.45, 2.75) is 25.5 Å². The number of benzene rings is 2. The Bertz CT molecular complexity index is 812. The van der Waals surface area contributed by atoms with Gasteiger partial charge in [0.05, 0.1) is 11.9 Å². The standard InChI is InChI=1S/C19H18Br2N2O/c1-19(24,8-10-23-11-9-22-13-23)15-4-2-14(3-5-15)17-7-6-16(20)12-18(17)21/h2-7,9,11-13,24H,8,10H2,1H3. The third-order valence-electron chi connectivity index (χ3n) is 4.16. The van der Waals surface area contributed by atoms with Crippen molar-refractivity contribution >= 4 is 31.9 Å². The SMILES string of the molecule is CC(O)(CCn1ccnc1)c1ccc(-c2ccc(Br)cc2Br)cc1. The highest BCUT2D eigenvalue weighted by Crippen LogP contribution is 2.33. The van der Waals surface area contributed by atoms with E-state index in [1.165, 1.54) is 0 Å². The maximum absolute atomic E-state index is 10.8. The molecule has 0 aliphatic heterocycles. The Morgan fingerprint density at radius 3 is 2.50 bits per heavy atom. The van der Waals surface area contributed by atoms with E-state index >= 15 is 0 Å². The number of aliphatic hydroxyl groups is 1. The first kappa shape index (κ1) is 17.4.